The minimum absolute atomic E-state index is 0.0296. The Kier molecular flexibility index (Phi) is 4.53. The number of hydrogen-bond acceptors (Lipinski definition) is 5. The number of hydrogen-bond donors (Lipinski definition) is 3. The van der Waals surface area contributed by atoms with Crippen molar-refractivity contribution in [2.45, 2.75) is 43.5 Å². The minimum atomic E-state index is -1.15. The minimum Gasteiger partial charge on any atom is -0.387 e. The second kappa shape index (κ2) is 6.74. The number of amides is 1. The molecule has 27 heavy (non-hydrogen) atoms. The van der Waals surface area contributed by atoms with E-state index in [9.17, 15) is 15.0 Å². The molecule has 0 radical (unpaired) electrons. The zero-order valence-corrected chi connectivity index (χ0v) is 15.4. The lowest BCUT2D eigenvalue weighted by Gasteiger charge is -2.51. The molecule has 2 aliphatic rings. The fourth-order valence-corrected chi connectivity index (χ4v) is 4.14. The van der Waals surface area contributed by atoms with Gasteiger partial charge in [-0.15, -0.1) is 0 Å². The van der Waals surface area contributed by atoms with Gasteiger partial charge in [-0.3, -0.25) is 9.89 Å². The monoisotopic (exact) mass is 371 g/mol. The van der Waals surface area contributed by atoms with E-state index < -0.39 is 17.3 Å². The van der Waals surface area contributed by atoms with Gasteiger partial charge >= 0.3 is 0 Å². The number of aliphatic hydroxyl groups is 2. The van der Waals surface area contributed by atoms with Crippen LogP contribution in [0.4, 0.5) is 0 Å². The molecular weight excluding hydrogens is 346 g/mol. The third kappa shape index (κ3) is 3.26. The number of carbonyl (C=O) groups is 1. The quantitative estimate of drug-likeness (QED) is 0.745. The first kappa shape index (κ1) is 18.2. The number of nitrogens with zero attached hydrogens (tertiary/aromatic N) is 2. The number of piperidine rings is 1. The summed E-state index contributed by atoms with van der Waals surface area (Å²) in [4.78, 5) is 14.6. The number of carbonyl (C=O) groups excluding carboxylic acids is 1. The summed E-state index contributed by atoms with van der Waals surface area (Å²) < 4.78 is 5.89. The number of aliphatic hydroxyl groups excluding tert-OH is 1. The first-order valence-electron chi connectivity index (χ1n) is 9.35. The molecule has 0 aliphatic carbocycles. The number of rotatable bonds is 2. The lowest BCUT2D eigenvalue weighted by atomic mass is 9.75. The van der Waals surface area contributed by atoms with Crippen LogP contribution in [0.3, 0.4) is 0 Å². The number of benzene rings is 1. The summed E-state index contributed by atoms with van der Waals surface area (Å²) in [6.45, 7) is 3.07. The number of aromatic amines is 1. The van der Waals surface area contributed by atoms with Crippen LogP contribution in [-0.2, 0) is 4.74 Å². The fourth-order valence-electron chi connectivity index (χ4n) is 4.14. The summed E-state index contributed by atoms with van der Waals surface area (Å²) in [6.07, 6.45) is 2.20. The van der Waals surface area contributed by atoms with Gasteiger partial charge < -0.3 is 19.8 Å². The van der Waals surface area contributed by atoms with Crippen LogP contribution in [0.1, 0.15) is 36.5 Å². The predicted octanol–water partition coefficient (Wildman–Crippen LogP) is 1.58. The molecule has 2 aliphatic heterocycles. The van der Waals surface area contributed by atoms with Crippen molar-refractivity contribution in [1.82, 2.24) is 15.1 Å². The van der Waals surface area contributed by atoms with Gasteiger partial charge in [-0.1, -0.05) is 12.1 Å². The van der Waals surface area contributed by atoms with Crippen molar-refractivity contribution in [3.05, 3.63) is 42.1 Å². The van der Waals surface area contributed by atoms with Gasteiger partial charge in [0.2, 0.25) is 0 Å². The molecule has 1 spiro atoms. The van der Waals surface area contributed by atoms with E-state index in [4.69, 9.17) is 4.74 Å². The lowest BCUT2D eigenvalue weighted by molar-refractivity contribution is -0.244. The zero-order chi connectivity index (χ0) is 19.1. The summed E-state index contributed by atoms with van der Waals surface area (Å²) in [7, 11) is 0. The Hall–Kier alpha value is -2.22. The van der Waals surface area contributed by atoms with Crippen LogP contribution in [0, 0.1) is 0 Å². The molecule has 144 valence electrons. The van der Waals surface area contributed by atoms with Crippen molar-refractivity contribution in [3.8, 4) is 11.3 Å². The Balaban J connectivity index is 1.43. The van der Waals surface area contributed by atoms with Crippen molar-refractivity contribution in [1.29, 1.82) is 0 Å². The van der Waals surface area contributed by atoms with E-state index in [0.717, 1.165) is 11.3 Å². The molecule has 0 saturated carbocycles. The maximum Gasteiger partial charge on any atom is 0.253 e. The Morgan fingerprint density at radius 3 is 2.56 bits per heavy atom. The maximum atomic E-state index is 12.8. The van der Waals surface area contributed by atoms with E-state index in [0.29, 0.717) is 44.5 Å². The number of aromatic nitrogens is 2. The molecule has 4 rings (SSSR count). The van der Waals surface area contributed by atoms with E-state index >= 15 is 0 Å². The van der Waals surface area contributed by atoms with Gasteiger partial charge in [0.1, 0.15) is 11.7 Å². The highest BCUT2D eigenvalue weighted by Crippen LogP contribution is 2.40. The highest BCUT2D eigenvalue weighted by Gasteiger charge is 2.52. The van der Waals surface area contributed by atoms with Gasteiger partial charge in [0, 0.05) is 31.3 Å². The highest BCUT2D eigenvalue weighted by molar-refractivity contribution is 5.94. The highest BCUT2D eigenvalue weighted by atomic mass is 16.5. The van der Waals surface area contributed by atoms with Crippen molar-refractivity contribution < 1.29 is 19.7 Å². The van der Waals surface area contributed by atoms with E-state index in [-0.39, 0.29) is 5.91 Å². The summed E-state index contributed by atoms with van der Waals surface area (Å²) >= 11 is 0. The maximum absolute atomic E-state index is 12.8. The van der Waals surface area contributed by atoms with Gasteiger partial charge in [0.05, 0.1) is 17.9 Å². The molecule has 2 atom stereocenters. The van der Waals surface area contributed by atoms with Crippen LogP contribution in [-0.4, -0.2) is 68.2 Å². The van der Waals surface area contributed by atoms with Crippen LogP contribution in [0.2, 0.25) is 0 Å². The standard InChI is InChI=1S/C20H25N3O4/c1-19(26)9-13-27-20(18(19)25)7-11-23(12-8-20)17(24)15-4-2-14(3-5-15)16-6-10-21-22-16/h2-6,10,18,25-26H,7-9,11-13H2,1H3,(H,21,22)/t18-,19+/m0/s1. The number of likely N-dealkylation sites (tertiary alicyclic amines) is 1. The predicted molar refractivity (Wildman–Crippen MR) is 99.1 cm³/mol. The second-order valence-corrected chi connectivity index (χ2v) is 7.76. The van der Waals surface area contributed by atoms with Crippen molar-refractivity contribution in [2.24, 2.45) is 0 Å². The molecule has 2 aromatic rings. The Labute approximate surface area is 158 Å². The fraction of sp³-hybridized carbons (Fsp3) is 0.500. The van der Waals surface area contributed by atoms with Gasteiger partial charge in [-0.05, 0) is 43.5 Å². The Bertz CT molecular complexity index is 793. The molecule has 1 aromatic carbocycles. The third-order valence-corrected chi connectivity index (χ3v) is 5.93. The molecule has 3 heterocycles. The van der Waals surface area contributed by atoms with Crippen LogP contribution in [0.5, 0.6) is 0 Å². The van der Waals surface area contributed by atoms with Gasteiger partial charge in [0.15, 0.2) is 0 Å². The number of nitrogens with one attached hydrogen (secondary N) is 1. The zero-order valence-electron chi connectivity index (χ0n) is 15.4. The van der Waals surface area contributed by atoms with E-state index in [1.54, 1.807) is 18.0 Å². The number of ether oxygens (including phenoxy) is 1. The van der Waals surface area contributed by atoms with E-state index in [1.807, 2.05) is 30.3 Å². The van der Waals surface area contributed by atoms with Crippen LogP contribution in [0.25, 0.3) is 11.3 Å². The summed E-state index contributed by atoms with van der Waals surface area (Å²) in [5.41, 5.74) is 0.606. The van der Waals surface area contributed by atoms with E-state index in [2.05, 4.69) is 10.2 Å². The second-order valence-electron chi connectivity index (χ2n) is 7.76. The Morgan fingerprint density at radius 1 is 1.22 bits per heavy atom. The topological polar surface area (TPSA) is 98.7 Å². The first-order chi connectivity index (χ1) is 12.9. The van der Waals surface area contributed by atoms with Crippen molar-refractivity contribution in [2.75, 3.05) is 19.7 Å². The molecule has 0 bridgehead atoms. The normalized spacial score (nSPS) is 27.7. The average Bonchev–Trinajstić information content (AvgIpc) is 3.21. The Morgan fingerprint density at radius 2 is 1.93 bits per heavy atom. The van der Waals surface area contributed by atoms with Crippen molar-refractivity contribution in [3.63, 3.8) is 0 Å². The number of H-pyrrole nitrogens is 1. The molecule has 3 N–H and O–H groups in total. The largest absolute Gasteiger partial charge is 0.387 e. The van der Waals surface area contributed by atoms with E-state index in [1.165, 1.54) is 0 Å². The molecule has 1 amide bonds. The summed E-state index contributed by atoms with van der Waals surface area (Å²) in [5.74, 6) is -0.0296. The molecule has 7 heteroatoms. The van der Waals surface area contributed by atoms with Crippen LogP contribution < -0.4 is 0 Å². The molecule has 2 fully saturated rings. The SMILES string of the molecule is C[C@@]1(O)CCOC2(CCN(C(=O)c3ccc(-c4ccn[nH]4)cc3)CC2)[C@H]1O. The smallest absolute Gasteiger partial charge is 0.253 e. The molecule has 1 aromatic heterocycles. The van der Waals surface area contributed by atoms with Crippen LogP contribution in [0.15, 0.2) is 36.5 Å². The van der Waals surface area contributed by atoms with Gasteiger partial charge in [-0.2, -0.15) is 5.10 Å². The first-order valence-corrected chi connectivity index (χ1v) is 9.35. The molecule has 7 nitrogen and oxygen atoms in total. The van der Waals surface area contributed by atoms with Crippen LogP contribution >= 0.6 is 0 Å². The lowest BCUT2D eigenvalue weighted by Crippen LogP contribution is -2.64. The summed E-state index contributed by atoms with van der Waals surface area (Å²) in [6, 6.07) is 9.32. The summed E-state index contributed by atoms with van der Waals surface area (Å²) in [5, 5.41) is 27.8. The van der Waals surface area contributed by atoms with Gasteiger partial charge in [0.25, 0.3) is 5.91 Å². The average molecular weight is 371 g/mol. The molecular formula is C20H25N3O4. The van der Waals surface area contributed by atoms with Gasteiger partial charge in [-0.25, -0.2) is 0 Å². The molecule has 2 saturated heterocycles. The third-order valence-electron chi connectivity index (χ3n) is 5.93. The van der Waals surface area contributed by atoms with Crippen molar-refractivity contribution >= 4 is 5.91 Å². The molecule has 0 unspecified atom stereocenters.